The number of aromatic nitrogens is 2. The van der Waals surface area contributed by atoms with E-state index in [1.54, 1.807) is 38.4 Å². The molecule has 0 unspecified atom stereocenters. The lowest BCUT2D eigenvalue weighted by atomic mass is 10.2. The van der Waals surface area contributed by atoms with E-state index in [1.165, 1.54) is 48.0 Å². The number of hydrogen-bond donors (Lipinski definition) is 1. The van der Waals surface area contributed by atoms with E-state index in [0.29, 0.717) is 23.0 Å². The molecular weight excluding hydrogens is 372 g/mol. The van der Waals surface area contributed by atoms with E-state index in [-0.39, 0.29) is 11.8 Å². The molecule has 0 bridgehead atoms. The van der Waals surface area contributed by atoms with Crippen LogP contribution in [-0.4, -0.2) is 46.1 Å². The molecule has 0 aliphatic heterocycles. The van der Waals surface area contributed by atoms with Crippen molar-refractivity contribution in [1.29, 1.82) is 0 Å². The number of aryl methyl sites for hydroxylation is 1. The van der Waals surface area contributed by atoms with Crippen LogP contribution in [0.3, 0.4) is 0 Å². The van der Waals surface area contributed by atoms with E-state index in [4.69, 9.17) is 0 Å². The third kappa shape index (κ3) is 4.58. The van der Waals surface area contributed by atoms with Crippen molar-refractivity contribution < 1.29 is 9.59 Å². The molecule has 2 amide bonds. The first kappa shape index (κ1) is 20.5. The van der Waals surface area contributed by atoms with Crippen LogP contribution < -0.4 is 5.32 Å². The highest BCUT2D eigenvalue weighted by molar-refractivity contribution is 7.99. The zero-order valence-corrected chi connectivity index (χ0v) is 17.8. The van der Waals surface area contributed by atoms with Crippen molar-refractivity contribution in [3.8, 4) is 0 Å². The Hall–Kier alpha value is -2.28. The predicted octanol–water partition coefficient (Wildman–Crippen LogP) is 4.05. The molecular formula is C21H28N4O2S. The van der Waals surface area contributed by atoms with Gasteiger partial charge in [0.25, 0.3) is 5.91 Å². The lowest BCUT2D eigenvalue weighted by Gasteiger charge is -2.17. The van der Waals surface area contributed by atoms with Crippen molar-refractivity contribution in [2.24, 2.45) is 0 Å². The Labute approximate surface area is 170 Å². The zero-order chi connectivity index (χ0) is 20.3. The number of hydrogen-bond acceptors (Lipinski definition) is 4. The Morgan fingerprint density at radius 3 is 2.43 bits per heavy atom. The molecule has 1 aromatic heterocycles. The number of carbonyl (C=O) groups excluding carboxylic acids is 2. The van der Waals surface area contributed by atoms with Crippen molar-refractivity contribution in [1.82, 2.24) is 14.5 Å². The van der Waals surface area contributed by atoms with E-state index < -0.39 is 0 Å². The molecule has 0 spiro atoms. The van der Waals surface area contributed by atoms with Gasteiger partial charge in [-0.05, 0) is 51.0 Å². The van der Waals surface area contributed by atoms with Gasteiger partial charge in [0.2, 0.25) is 5.91 Å². The fraction of sp³-hybridized carbons (Fsp3) is 0.476. The summed E-state index contributed by atoms with van der Waals surface area (Å²) in [5.41, 5.74) is 3.53. The lowest BCUT2D eigenvalue weighted by molar-refractivity contribution is -0.113. The molecule has 1 fully saturated rings. The van der Waals surface area contributed by atoms with Crippen LogP contribution in [0.1, 0.15) is 53.5 Å². The van der Waals surface area contributed by atoms with E-state index in [0.717, 1.165) is 10.9 Å². The van der Waals surface area contributed by atoms with Gasteiger partial charge in [-0.1, -0.05) is 24.6 Å². The van der Waals surface area contributed by atoms with Crippen molar-refractivity contribution in [2.45, 2.75) is 50.7 Å². The molecule has 7 heteroatoms. The first-order valence-electron chi connectivity index (χ1n) is 9.66. The van der Waals surface area contributed by atoms with Crippen LogP contribution in [0, 0.1) is 13.8 Å². The highest BCUT2D eigenvalue weighted by atomic mass is 32.2. The molecule has 1 saturated carbocycles. The minimum Gasteiger partial charge on any atom is -0.345 e. The standard InChI is InChI=1S/C21H28N4O2S/c1-14-15(2)25(18-7-5-6-8-18)21(22-14)28-13-19(26)23-17-11-9-16(10-12-17)20(27)24(3)4/h9-12,18H,5-8,13H2,1-4H3,(H,23,26). The zero-order valence-electron chi connectivity index (χ0n) is 17.0. The quantitative estimate of drug-likeness (QED) is 0.743. The van der Waals surface area contributed by atoms with Crippen LogP contribution >= 0.6 is 11.8 Å². The Morgan fingerprint density at radius 1 is 1.18 bits per heavy atom. The van der Waals surface area contributed by atoms with Gasteiger partial charge in [-0.2, -0.15) is 0 Å². The monoisotopic (exact) mass is 400 g/mol. The summed E-state index contributed by atoms with van der Waals surface area (Å²) in [5.74, 6) is 0.173. The lowest BCUT2D eigenvalue weighted by Crippen LogP contribution is -2.21. The molecule has 1 aromatic carbocycles. The van der Waals surface area contributed by atoms with Gasteiger partial charge in [0, 0.05) is 37.1 Å². The molecule has 1 aliphatic carbocycles. The van der Waals surface area contributed by atoms with Gasteiger partial charge in [0.05, 0.1) is 11.4 Å². The van der Waals surface area contributed by atoms with Crippen LogP contribution in [0.4, 0.5) is 5.69 Å². The summed E-state index contributed by atoms with van der Waals surface area (Å²) in [7, 11) is 3.43. The Bertz CT molecular complexity index is 852. The van der Waals surface area contributed by atoms with Crippen molar-refractivity contribution in [3.05, 3.63) is 41.2 Å². The molecule has 150 valence electrons. The minimum absolute atomic E-state index is 0.0575. The van der Waals surface area contributed by atoms with Gasteiger partial charge >= 0.3 is 0 Å². The number of amides is 2. The number of nitrogens with one attached hydrogen (secondary N) is 1. The summed E-state index contributed by atoms with van der Waals surface area (Å²) in [5, 5.41) is 3.83. The Balaban J connectivity index is 1.60. The molecule has 3 rings (SSSR count). The Kier molecular flexibility index (Phi) is 6.44. The van der Waals surface area contributed by atoms with E-state index in [1.807, 2.05) is 6.92 Å². The fourth-order valence-corrected chi connectivity index (χ4v) is 4.53. The van der Waals surface area contributed by atoms with Crippen LogP contribution in [0.15, 0.2) is 29.4 Å². The maximum Gasteiger partial charge on any atom is 0.253 e. The van der Waals surface area contributed by atoms with Crippen LogP contribution in [0.25, 0.3) is 0 Å². The van der Waals surface area contributed by atoms with Crippen LogP contribution in [0.5, 0.6) is 0 Å². The largest absolute Gasteiger partial charge is 0.345 e. The number of benzene rings is 1. The minimum atomic E-state index is -0.0760. The normalized spacial score (nSPS) is 14.3. The molecule has 0 saturated heterocycles. The molecule has 1 heterocycles. The second kappa shape index (κ2) is 8.82. The van der Waals surface area contributed by atoms with Crippen molar-refractivity contribution in [3.63, 3.8) is 0 Å². The number of carbonyl (C=O) groups is 2. The molecule has 0 atom stereocenters. The average Bonchev–Trinajstić information content (AvgIpc) is 3.28. The van der Waals surface area contributed by atoms with Gasteiger partial charge in [-0.3, -0.25) is 9.59 Å². The number of imidazole rings is 1. The number of anilines is 1. The predicted molar refractivity (Wildman–Crippen MR) is 113 cm³/mol. The maximum atomic E-state index is 12.4. The fourth-order valence-electron chi connectivity index (χ4n) is 3.57. The molecule has 0 radical (unpaired) electrons. The van der Waals surface area contributed by atoms with Crippen molar-refractivity contribution in [2.75, 3.05) is 25.2 Å². The van der Waals surface area contributed by atoms with Gasteiger partial charge in [-0.15, -0.1) is 0 Å². The third-order valence-electron chi connectivity index (χ3n) is 5.20. The maximum absolute atomic E-state index is 12.4. The summed E-state index contributed by atoms with van der Waals surface area (Å²) in [6.07, 6.45) is 4.90. The third-order valence-corrected chi connectivity index (χ3v) is 6.15. The summed E-state index contributed by atoms with van der Waals surface area (Å²) < 4.78 is 2.32. The Morgan fingerprint density at radius 2 is 1.82 bits per heavy atom. The van der Waals surface area contributed by atoms with Gasteiger partial charge < -0.3 is 14.8 Å². The topological polar surface area (TPSA) is 67.2 Å². The van der Waals surface area contributed by atoms with E-state index in [2.05, 4.69) is 21.8 Å². The highest BCUT2D eigenvalue weighted by Gasteiger charge is 2.23. The number of rotatable bonds is 6. The smallest absolute Gasteiger partial charge is 0.253 e. The van der Waals surface area contributed by atoms with Gasteiger partial charge in [-0.25, -0.2) is 4.98 Å². The van der Waals surface area contributed by atoms with E-state index >= 15 is 0 Å². The van der Waals surface area contributed by atoms with Crippen molar-refractivity contribution >= 4 is 29.3 Å². The number of nitrogens with zero attached hydrogens (tertiary/aromatic N) is 3. The molecule has 1 N–H and O–H groups in total. The first-order chi connectivity index (χ1) is 13.4. The highest BCUT2D eigenvalue weighted by Crippen LogP contribution is 2.35. The van der Waals surface area contributed by atoms with E-state index in [9.17, 15) is 9.59 Å². The summed E-state index contributed by atoms with van der Waals surface area (Å²) in [6, 6.07) is 7.48. The SMILES string of the molecule is Cc1nc(SCC(=O)Nc2ccc(C(=O)N(C)C)cc2)n(C2CCCC2)c1C. The molecule has 28 heavy (non-hydrogen) atoms. The molecule has 6 nitrogen and oxygen atoms in total. The second-order valence-corrected chi connectivity index (χ2v) is 8.43. The second-order valence-electron chi connectivity index (χ2n) is 7.49. The van der Waals surface area contributed by atoms with Gasteiger partial charge in [0.15, 0.2) is 5.16 Å². The summed E-state index contributed by atoms with van der Waals surface area (Å²) in [6.45, 7) is 4.14. The van der Waals surface area contributed by atoms with Crippen LogP contribution in [0.2, 0.25) is 0 Å². The summed E-state index contributed by atoms with van der Waals surface area (Å²) in [4.78, 5) is 30.5. The molecule has 2 aromatic rings. The average molecular weight is 401 g/mol. The van der Waals surface area contributed by atoms with Crippen LogP contribution in [-0.2, 0) is 4.79 Å². The van der Waals surface area contributed by atoms with Gasteiger partial charge in [0.1, 0.15) is 0 Å². The summed E-state index contributed by atoms with van der Waals surface area (Å²) >= 11 is 1.49. The number of thioether (sulfide) groups is 1. The first-order valence-corrected chi connectivity index (χ1v) is 10.6. The molecule has 1 aliphatic rings.